The quantitative estimate of drug-likeness (QED) is 0.201. The first-order valence-corrected chi connectivity index (χ1v) is 14.8. The zero-order valence-corrected chi connectivity index (χ0v) is 24.0. The van der Waals surface area contributed by atoms with Crippen molar-refractivity contribution in [1.29, 1.82) is 0 Å². The van der Waals surface area contributed by atoms with Crippen LogP contribution in [0.1, 0.15) is 0 Å². The van der Waals surface area contributed by atoms with Crippen molar-refractivity contribution in [2.45, 2.75) is 0 Å². The second kappa shape index (κ2) is 11.0. The second-order valence-electron chi connectivity index (χ2n) is 10.8. The van der Waals surface area contributed by atoms with Gasteiger partial charge in [-0.1, -0.05) is 115 Å². The Hall–Kier alpha value is -5.93. The largest absolute Gasteiger partial charge is 0.436 e. The van der Waals surface area contributed by atoms with Crippen LogP contribution < -0.4 is 4.90 Å². The van der Waals surface area contributed by atoms with Crippen molar-refractivity contribution in [3.8, 4) is 33.7 Å². The molecule has 0 N–H and O–H groups in total. The number of oxazole rings is 1. The molecule has 8 rings (SSSR count). The van der Waals surface area contributed by atoms with Gasteiger partial charge in [-0.3, -0.25) is 0 Å². The fraction of sp³-hybridized carbons (Fsp3) is 0. The molecule has 0 amide bonds. The molecule has 0 radical (unpaired) electrons. The van der Waals surface area contributed by atoms with E-state index in [9.17, 15) is 0 Å². The van der Waals surface area contributed by atoms with E-state index in [0.717, 1.165) is 55.6 Å². The standard InChI is InChI=1S/C41H28N2O/c1-4-12-29(13-5-1)30-20-24-34(25-21-30)43(33-16-8-3-9-17-33)35-26-22-31(23-27-35)38-28-39-40(37-19-11-10-18-36(37)38)42-41(44-39)32-14-6-2-7-15-32/h1-28H. The Morgan fingerprint density at radius 3 is 1.52 bits per heavy atom. The number of aromatic nitrogens is 1. The lowest BCUT2D eigenvalue weighted by Crippen LogP contribution is -2.09. The van der Waals surface area contributed by atoms with Crippen LogP contribution in [0.4, 0.5) is 17.1 Å². The summed E-state index contributed by atoms with van der Waals surface area (Å²) in [5, 5.41) is 2.23. The van der Waals surface area contributed by atoms with Crippen LogP contribution in [0, 0.1) is 0 Å². The molecule has 0 aliphatic rings. The zero-order valence-electron chi connectivity index (χ0n) is 24.0. The van der Waals surface area contributed by atoms with Crippen molar-refractivity contribution in [2.75, 3.05) is 4.90 Å². The molecule has 0 saturated carbocycles. The van der Waals surface area contributed by atoms with E-state index >= 15 is 0 Å². The molecular formula is C41H28N2O. The van der Waals surface area contributed by atoms with Crippen molar-refractivity contribution in [3.05, 3.63) is 170 Å². The molecule has 0 fully saturated rings. The maximum Gasteiger partial charge on any atom is 0.227 e. The summed E-state index contributed by atoms with van der Waals surface area (Å²) in [6.45, 7) is 0. The SMILES string of the molecule is c1ccc(-c2ccc(N(c3ccccc3)c3ccc(-c4cc5oc(-c6ccccc6)nc5c5ccccc45)cc3)cc2)cc1. The Labute approximate surface area is 256 Å². The van der Waals surface area contributed by atoms with Crippen LogP contribution in [0.5, 0.6) is 0 Å². The first kappa shape index (κ1) is 25.8. The number of hydrogen-bond acceptors (Lipinski definition) is 3. The Balaban J connectivity index is 1.20. The molecule has 208 valence electrons. The normalized spacial score (nSPS) is 11.2. The second-order valence-corrected chi connectivity index (χ2v) is 10.8. The molecule has 0 unspecified atom stereocenters. The Kier molecular flexibility index (Phi) is 6.47. The molecule has 1 heterocycles. The Morgan fingerprint density at radius 1 is 0.409 bits per heavy atom. The van der Waals surface area contributed by atoms with Crippen molar-refractivity contribution < 1.29 is 4.42 Å². The third-order valence-corrected chi connectivity index (χ3v) is 8.11. The molecule has 0 atom stereocenters. The molecule has 1 aromatic heterocycles. The fourth-order valence-electron chi connectivity index (χ4n) is 5.95. The molecule has 0 spiro atoms. The van der Waals surface area contributed by atoms with Crippen molar-refractivity contribution in [1.82, 2.24) is 4.98 Å². The molecular weight excluding hydrogens is 536 g/mol. The number of fused-ring (bicyclic) bond motifs is 3. The summed E-state index contributed by atoms with van der Waals surface area (Å²) in [4.78, 5) is 7.20. The van der Waals surface area contributed by atoms with Crippen molar-refractivity contribution >= 4 is 38.9 Å². The van der Waals surface area contributed by atoms with Gasteiger partial charge in [0.2, 0.25) is 5.89 Å². The third kappa shape index (κ3) is 4.71. The van der Waals surface area contributed by atoms with E-state index in [1.165, 1.54) is 11.1 Å². The van der Waals surface area contributed by atoms with Gasteiger partial charge in [0.25, 0.3) is 0 Å². The first-order chi connectivity index (χ1) is 21.8. The molecule has 3 heteroatoms. The zero-order chi connectivity index (χ0) is 29.3. The maximum absolute atomic E-state index is 6.32. The monoisotopic (exact) mass is 564 g/mol. The lowest BCUT2D eigenvalue weighted by Gasteiger charge is -2.26. The van der Waals surface area contributed by atoms with Crippen LogP contribution in [0.15, 0.2) is 174 Å². The summed E-state index contributed by atoms with van der Waals surface area (Å²) in [7, 11) is 0. The van der Waals surface area contributed by atoms with Gasteiger partial charge < -0.3 is 9.32 Å². The van der Waals surface area contributed by atoms with Crippen molar-refractivity contribution in [2.24, 2.45) is 0 Å². The topological polar surface area (TPSA) is 29.3 Å². The summed E-state index contributed by atoms with van der Waals surface area (Å²) < 4.78 is 6.32. The number of hydrogen-bond donors (Lipinski definition) is 0. The van der Waals surface area contributed by atoms with E-state index in [-0.39, 0.29) is 0 Å². The van der Waals surface area contributed by atoms with E-state index in [0.29, 0.717) is 5.89 Å². The van der Waals surface area contributed by atoms with Gasteiger partial charge in [0, 0.05) is 28.0 Å². The minimum absolute atomic E-state index is 0.634. The van der Waals surface area contributed by atoms with Crippen LogP contribution in [0.25, 0.3) is 55.6 Å². The van der Waals surface area contributed by atoms with Gasteiger partial charge in [-0.15, -0.1) is 0 Å². The van der Waals surface area contributed by atoms with E-state index in [1.807, 2.05) is 36.4 Å². The minimum atomic E-state index is 0.634. The molecule has 0 bridgehead atoms. The number of para-hydroxylation sites is 1. The van der Waals surface area contributed by atoms with Gasteiger partial charge in [-0.2, -0.15) is 0 Å². The smallest absolute Gasteiger partial charge is 0.227 e. The van der Waals surface area contributed by atoms with Crippen LogP contribution in [0.2, 0.25) is 0 Å². The van der Waals surface area contributed by atoms with Gasteiger partial charge >= 0.3 is 0 Å². The van der Waals surface area contributed by atoms with Crippen LogP contribution in [0.3, 0.4) is 0 Å². The Morgan fingerprint density at radius 2 is 0.886 bits per heavy atom. The van der Waals surface area contributed by atoms with E-state index in [4.69, 9.17) is 9.40 Å². The summed E-state index contributed by atoms with van der Waals surface area (Å²) in [5.74, 6) is 0.634. The van der Waals surface area contributed by atoms with Gasteiger partial charge in [-0.25, -0.2) is 4.98 Å². The predicted octanol–water partition coefficient (Wildman–Crippen LogP) is 11.5. The summed E-state index contributed by atoms with van der Waals surface area (Å²) in [6.07, 6.45) is 0. The molecule has 0 aliphatic heterocycles. The van der Waals surface area contributed by atoms with Gasteiger partial charge in [-0.05, 0) is 82.2 Å². The predicted molar refractivity (Wildman–Crippen MR) is 183 cm³/mol. The highest BCUT2D eigenvalue weighted by Gasteiger charge is 2.17. The third-order valence-electron chi connectivity index (χ3n) is 8.11. The summed E-state index contributed by atoms with van der Waals surface area (Å²) in [5.41, 5.74) is 10.6. The highest BCUT2D eigenvalue weighted by atomic mass is 16.3. The van der Waals surface area contributed by atoms with Gasteiger partial charge in [0.15, 0.2) is 5.58 Å². The molecule has 44 heavy (non-hydrogen) atoms. The lowest BCUT2D eigenvalue weighted by atomic mass is 9.97. The number of rotatable bonds is 6. The van der Waals surface area contributed by atoms with Gasteiger partial charge in [0.05, 0.1) is 0 Å². The fourth-order valence-corrected chi connectivity index (χ4v) is 5.95. The number of anilines is 3. The highest BCUT2D eigenvalue weighted by molar-refractivity contribution is 6.11. The molecule has 8 aromatic rings. The first-order valence-electron chi connectivity index (χ1n) is 14.8. The maximum atomic E-state index is 6.32. The Bertz CT molecular complexity index is 2190. The highest BCUT2D eigenvalue weighted by Crippen LogP contribution is 2.39. The number of nitrogens with zero attached hydrogens (tertiary/aromatic N) is 2. The van der Waals surface area contributed by atoms with E-state index in [2.05, 4.69) is 138 Å². The molecule has 0 saturated heterocycles. The van der Waals surface area contributed by atoms with Crippen LogP contribution >= 0.6 is 0 Å². The lowest BCUT2D eigenvalue weighted by molar-refractivity contribution is 0.620. The average molecular weight is 565 g/mol. The van der Waals surface area contributed by atoms with Crippen LogP contribution in [-0.4, -0.2) is 4.98 Å². The van der Waals surface area contributed by atoms with Crippen LogP contribution in [-0.2, 0) is 0 Å². The molecule has 3 nitrogen and oxygen atoms in total. The molecule has 7 aromatic carbocycles. The average Bonchev–Trinajstić information content (AvgIpc) is 3.55. The summed E-state index contributed by atoms with van der Waals surface area (Å²) >= 11 is 0. The summed E-state index contributed by atoms with van der Waals surface area (Å²) in [6, 6.07) is 59.2. The van der Waals surface area contributed by atoms with E-state index < -0.39 is 0 Å². The van der Waals surface area contributed by atoms with Gasteiger partial charge in [0.1, 0.15) is 5.52 Å². The number of benzene rings is 7. The van der Waals surface area contributed by atoms with Crippen molar-refractivity contribution in [3.63, 3.8) is 0 Å². The molecule has 0 aliphatic carbocycles. The van der Waals surface area contributed by atoms with E-state index in [1.54, 1.807) is 0 Å². The minimum Gasteiger partial charge on any atom is -0.436 e.